The van der Waals surface area contributed by atoms with Gasteiger partial charge >= 0.3 is 7.75 Å². The standard InChI is InChI=1S/C22H32FN6O4PS2/c1-6-32-34(31,33-7-2)29-22-28-20-18(36-22)19(25-15(12-30)11-13(3)4)26-21(27-20)35-14(5)17-16(23)9-8-10-24-17/h8-10,13-15,30H,6-7,11-12H2,1-5H3,(H2,25,26,27,28,29,31). The fourth-order valence-corrected chi connectivity index (χ4v) is 6.69. The normalized spacial score (nSPS) is 13.8. The van der Waals surface area contributed by atoms with Crippen LogP contribution in [-0.2, 0) is 13.6 Å². The molecule has 14 heteroatoms. The molecule has 3 heterocycles. The molecule has 2 atom stereocenters. The largest absolute Gasteiger partial charge is 0.434 e. The Labute approximate surface area is 218 Å². The number of thiazole rings is 1. The summed E-state index contributed by atoms with van der Waals surface area (Å²) in [4.78, 5) is 17.9. The third kappa shape index (κ3) is 7.56. The van der Waals surface area contributed by atoms with Crippen LogP contribution in [0.1, 0.15) is 52.0 Å². The van der Waals surface area contributed by atoms with Crippen LogP contribution in [0.5, 0.6) is 0 Å². The Bertz CT molecular complexity index is 1190. The minimum Gasteiger partial charge on any atom is -0.394 e. The van der Waals surface area contributed by atoms with Gasteiger partial charge in [-0.2, -0.15) is 4.98 Å². The van der Waals surface area contributed by atoms with Gasteiger partial charge in [-0.15, -0.1) is 0 Å². The Morgan fingerprint density at radius 2 is 1.92 bits per heavy atom. The van der Waals surface area contributed by atoms with Gasteiger partial charge in [-0.05, 0) is 45.2 Å². The molecular weight excluding hydrogens is 526 g/mol. The van der Waals surface area contributed by atoms with E-state index in [1.165, 1.54) is 41.4 Å². The van der Waals surface area contributed by atoms with E-state index in [9.17, 15) is 14.1 Å². The molecule has 0 aromatic carbocycles. The molecule has 0 aliphatic carbocycles. The number of halogens is 1. The molecule has 3 aromatic heterocycles. The average Bonchev–Trinajstić information content (AvgIpc) is 3.20. The monoisotopic (exact) mass is 558 g/mol. The molecule has 0 aliphatic heterocycles. The highest BCUT2D eigenvalue weighted by atomic mass is 32.2. The lowest BCUT2D eigenvalue weighted by Gasteiger charge is -2.19. The lowest BCUT2D eigenvalue weighted by Crippen LogP contribution is -2.26. The highest BCUT2D eigenvalue weighted by molar-refractivity contribution is 7.99. The van der Waals surface area contributed by atoms with Gasteiger partial charge in [0, 0.05) is 6.20 Å². The number of aliphatic hydroxyl groups excluding tert-OH is 1. The van der Waals surface area contributed by atoms with Crippen LogP contribution in [0.3, 0.4) is 0 Å². The maximum atomic E-state index is 14.3. The average molecular weight is 559 g/mol. The number of fused-ring (bicyclic) bond motifs is 1. The van der Waals surface area contributed by atoms with Crippen molar-refractivity contribution in [1.29, 1.82) is 0 Å². The van der Waals surface area contributed by atoms with E-state index in [-0.39, 0.29) is 31.1 Å². The zero-order chi connectivity index (χ0) is 26.3. The molecule has 0 amide bonds. The minimum absolute atomic E-state index is 0.0878. The molecular formula is C22H32FN6O4PS2. The zero-order valence-electron chi connectivity index (χ0n) is 20.9. The van der Waals surface area contributed by atoms with Crippen molar-refractivity contribution in [1.82, 2.24) is 19.9 Å². The molecule has 0 saturated carbocycles. The Morgan fingerprint density at radius 3 is 2.53 bits per heavy atom. The zero-order valence-corrected chi connectivity index (χ0v) is 23.4. The molecule has 0 bridgehead atoms. The Hall–Kier alpha value is -1.89. The van der Waals surface area contributed by atoms with Crippen molar-refractivity contribution in [2.45, 2.75) is 57.5 Å². The van der Waals surface area contributed by atoms with Gasteiger partial charge in [0.2, 0.25) is 0 Å². The van der Waals surface area contributed by atoms with Gasteiger partial charge in [0.15, 0.2) is 21.8 Å². The third-order valence-corrected chi connectivity index (χ3v) is 8.61. The van der Waals surface area contributed by atoms with E-state index in [1.54, 1.807) is 13.8 Å². The number of nitrogens with one attached hydrogen (secondary N) is 2. The summed E-state index contributed by atoms with van der Waals surface area (Å²) in [5, 5.41) is 16.3. The highest BCUT2D eigenvalue weighted by Crippen LogP contribution is 2.49. The van der Waals surface area contributed by atoms with Gasteiger partial charge < -0.3 is 10.4 Å². The second-order valence-electron chi connectivity index (χ2n) is 8.26. The molecule has 0 radical (unpaired) electrons. The fourth-order valence-electron chi connectivity index (χ4n) is 3.41. The topological polar surface area (TPSA) is 131 Å². The summed E-state index contributed by atoms with van der Waals surface area (Å²) in [6.07, 6.45) is 2.26. The molecule has 3 rings (SSSR count). The molecule has 198 valence electrons. The Morgan fingerprint density at radius 1 is 1.19 bits per heavy atom. The predicted molar refractivity (Wildman–Crippen MR) is 142 cm³/mol. The first kappa shape index (κ1) is 28.7. The molecule has 3 N–H and O–H groups in total. The van der Waals surface area contributed by atoms with E-state index in [2.05, 4.69) is 44.2 Å². The van der Waals surface area contributed by atoms with Gasteiger partial charge in [0.25, 0.3) is 0 Å². The quantitative estimate of drug-likeness (QED) is 0.124. The van der Waals surface area contributed by atoms with Crippen LogP contribution in [-0.4, -0.2) is 50.9 Å². The van der Waals surface area contributed by atoms with E-state index in [0.29, 0.717) is 44.5 Å². The second kappa shape index (κ2) is 13.1. The van der Waals surface area contributed by atoms with Crippen LogP contribution in [0, 0.1) is 11.7 Å². The first-order chi connectivity index (χ1) is 17.2. The molecule has 0 fully saturated rings. The third-order valence-electron chi connectivity index (χ3n) is 4.84. The highest BCUT2D eigenvalue weighted by Gasteiger charge is 2.27. The maximum Gasteiger partial charge on any atom is 0.434 e. The van der Waals surface area contributed by atoms with Crippen molar-refractivity contribution in [2.24, 2.45) is 5.92 Å². The molecule has 0 saturated heterocycles. The first-order valence-corrected chi connectivity index (χ1v) is 14.9. The SMILES string of the molecule is CCOP(=O)(Nc1nc2nc(SC(C)c3ncccc3F)nc(NC(CO)CC(C)C)c2s1)OCC. The molecule has 2 unspecified atom stereocenters. The molecule has 36 heavy (non-hydrogen) atoms. The minimum atomic E-state index is -3.61. The predicted octanol–water partition coefficient (Wildman–Crippen LogP) is 5.89. The number of hydrogen-bond donors (Lipinski definition) is 3. The summed E-state index contributed by atoms with van der Waals surface area (Å²) in [7, 11) is -3.61. The second-order valence-corrected chi connectivity index (χ2v) is 12.3. The van der Waals surface area contributed by atoms with Crippen molar-refractivity contribution >= 4 is 52.1 Å². The number of pyridine rings is 1. The summed E-state index contributed by atoms with van der Waals surface area (Å²) in [6.45, 7) is 9.69. The summed E-state index contributed by atoms with van der Waals surface area (Å²) < 4.78 is 38.5. The van der Waals surface area contributed by atoms with E-state index < -0.39 is 13.6 Å². The van der Waals surface area contributed by atoms with E-state index in [0.717, 1.165) is 0 Å². The molecule has 10 nitrogen and oxygen atoms in total. The number of aromatic nitrogens is 4. The van der Waals surface area contributed by atoms with Gasteiger partial charge in [-0.1, -0.05) is 36.9 Å². The molecule has 0 spiro atoms. The maximum absolute atomic E-state index is 14.3. The smallest absolute Gasteiger partial charge is 0.394 e. The van der Waals surface area contributed by atoms with Crippen molar-refractivity contribution in [3.63, 3.8) is 0 Å². The number of hydrogen-bond acceptors (Lipinski definition) is 11. The number of thioether (sulfide) groups is 1. The van der Waals surface area contributed by atoms with Crippen LogP contribution in [0.2, 0.25) is 0 Å². The van der Waals surface area contributed by atoms with Crippen molar-refractivity contribution < 1.29 is 23.1 Å². The number of nitrogens with zero attached hydrogens (tertiary/aromatic N) is 4. The van der Waals surface area contributed by atoms with Gasteiger partial charge in [-0.25, -0.2) is 18.9 Å². The van der Waals surface area contributed by atoms with Crippen LogP contribution in [0.15, 0.2) is 23.5 Å². The summed E-state index contributed by atoms with van der Waals surface area (Å²) in [5.74, 6) is 0.413. The van der Waals surface area contributed by atoms with E-state index in [1.807, 2.05) is 6.92 Å². The Kier molecular flexibility index (Phi) is 10.4. The number of aliphatic hydroxyl groups is 1. The first-order valence-electron chi connectivity index (χ1n) is 11.7. The fraction of sp³-hybridized carbons (Fsp3) is 0.545. The van der Waals surface area contributed by atoms with Gasteiger partial charge in [-0.3, -0.25) is 19.1 Å². The van der Waals surface area contributed by atoms with Crippen LogP contribution >= 0.6 is 30.8 Å². The van der Waals surface area contributed by atoms with Crippen molar-refractivity contribution in [2.75, 3.05) is 30.2 Å². The Balaban J connectivity index is 2.00. The molecule has 0 aliphatic rings. The van der Waals surface area contributed by atoms with Gasteiger partial charge in [0.05, 0.1) is 36.8 Å². The van der Waals surface area contributed by atoms with Crippen LogP contribution in [0.25, 0.3) is 10.3 Å². The van der Waals surface area contributed by atoms with E-state index >= 15 is 0 Å². The van der Waals surface area contributed by atoms with Crippen molar-refractivity contribution in [3.8, 4) is 0 Å². The lowest BCUT2D eigenvalue weighted by atomic mass is 10.0. The number of rotatable bonds is 14. The summed E-state index contributed by atoms with van der Waals surface area (Å²) in [5.41, 5.74) is 0.653. The van der Waals surface area contributed by atoms with E-state index in [4.69, 9.17) is 9.05 Å². The molecule has 3 aromatic rings. The van der Waals surface area contributed by atoms with Crippen molar-refractivity contribution in [3.05, 3.63) is 29.8 Å². The lowest BCUT2D eigenvalue weighted by molar-refractivity contribution is 0.225. The summed E-state index contributed by atoms with van der Waals surface area (Å²) >= 11 is 2.44. The van der Waals surface area contributed by atoms with Gasteiger partial charge in [0.1, 0.15) is 10.5 Å². The number of anilines is 2. The summed E-state index contributed by atoms with van der Waals surface area (Å²) in [6, 6.07) is 2.65. The van der Waals surface area contributed by atoms with Crippen LogP contribution in [0.4, 0.5) is 15.3 Å². The van der Waals surface area contributed by atoms with Crippen LogP contribution < -0.4 is 10.4 Å².